The molecule has 2 fully saturated rings. The molecule has 0 aromatic heterocycles. The zero-order valence-corrected chi connectivity index (χ0v) is 15.0. The molecule has 1 saturated carbocycles. The summed E-state index contributed by atoms with van der Waals surface area (Å²) in [5, 5.41) is 0. The molecule has 1 aromatic rings. The van der Waals surface area contributed by atoms with Gasteiger partial charge < -0.3 is 0 Å². The highest BCUT2D eigenvalue weighted by atomic mass is 32.2. The van der Waals surface area contributed by atoms with Crippen molar-refractivity contribution < 1.29 is 8.42 Å². The number of benzene rings is 1. The second kappa shape index (κ2) is 5.60. The van der Waals surface area contributed by atoms with Gasteiger partial charge in [-0.2, -0.15) is 4.31 Å². The van der Waals surface area contributed by atoms with Crippen LogP contribution in [0.3, 0.4) is 0 Å². The first-order chi connectivity index (χ1) is 10.8. The van der Waals surface area contributed by atoms with E-state index in [9.17, 15) is 8.42 Å². The van der Waals surface area contributed by atoms with E-state index in [1.54, 1.807) is 16.4 Å². The fourth-order valence-corrected chi connectivity index (χ4v) is 5.62. The van der Waals surface area contributed by atoms with Crippen molar-refractivity contribution in [3.63, 3.8) is 0 Å². The van der Waals surface area contributed by atoms with Crippen LogP contribution in [0.15, 0.2) is 53.0 Å². The van der Waals surface area contributed by atoms with Gasteiger partial charge in [-0.05, 0) is 45.7 Å². The van der Waals surface area contributed by atoms with E-state index in [1.807, 2.05) is 25.1 Å². The number of rotatable bonds is 3. The average molecular weight is 331 g/mol. The molecule has 0 bridgehead atoms. The molecule has 0 spiro atoms. The summed E-state index contributed by atoms with van der Waals surface area (Å²) in [4.78, 5) is 0.390. The zero-order valence-electron chi connectivity index (χ0n) is 14.2. The first-order valence-electron chi connectivity index (χ1n) is 8.17. The Morgan fingerprint density at radius 2 is 1.96 bits per heavy atom. The Morgan fingerprint density at radius 3 is 2.52 bits per heavy atom. The molecule has 1 aromatic carbocycles. The number of hydrogen-bond acceptors (Lipinski definition) is 2. The summed E-state index contributed by atoms with van der Waals surface area (Å²) >= 11 is 0. The van der Waals surface area contributed by atoms with Crippen LogP contribution in [0.4, 0.5) is 0 Å². The molecule has 1 heterocycles. The van der Waals surface area contributed by atoms with Gasteiger partial charge in [0.1, 0.15) is 0 Å². The van der Waals surface area contributed by atoms with Crippen LogP contribution in [0.2, 0.25) is 0 Å². The highest BCUT2D eigenvalue weighted by Crippen LogP contribution is 2.54. The van der Waals surface area contributed by atoms with Gasteiger partial charge in [0.15, 0.2) is 0 Å². The monoisotopic (exact) mass is 331 g/mol. The van der Waals surface area contributed by atoms with Gasteiger partial charge in [0.05, 0.1) is 4.90 Å². The number of nitrogens with zero attached hydrogens (tertiary/aromatic N) is 1. The van der Waals surface area contributed by atoms with E-state index in [2.05, 4.69) is 20.4 Å². The Morgan fingerprint density at radius 1 is 1.30 bits per heavy atom. The molecule has 3 nitrogen and oxygen atoms in total. The third kappa shape index (κ3) is 2.58. The number of allylic oxidation sites excluding steroid dienone is 1. The Kier molecular flexibility index (Phi) is 4.01. The molecule has 124 valence electrons. The second-order valence-electron chi connectivity index (χ2n) is 7.13. The Labute approximate surface area is 139 Å². The van der Waals surface area contributed by atoms with E-state index in [0.29, 0.717) is 18.0 Å². The smallest absolute Gasteiger partial charge is 0.207 e. The summed E-state index contributed by atoms with van der Waals surface area (Å²) < 4.78 is 27.6. The Hall–Kier alpha value is -1.39. The molecule has 1 saturated heterocycles. The van der Waals surface area contributed by atoms with Gasteiger partial charge in [-0.1, -0.05) is 34.9 Å². The van der Waals surface area contributed by atoms with Crippen molar-refractivity contribution in [1.29, 1.82) is 0 Å². The molecule has 4 heteroatoms. The van der Waals surface area contributed by atoms with Crippen molar-refractivity contribution in [3.8, 4) is 0 Å². The van der Waals surface area contributed by atoms with Crippen molar-refractivity contribution >= 4 is 10.0 Å². The third-order valence-corrected chi connectivity index (χ3v) is 7.36. The molecule has 1 aliphatic carbocycles. The molecule has 3 rings (SSSR count). The quantitative estimate of drug-likeness (QED) is 0.787. The Bertz CT molecular complexity index is 757. The molecule has 0 unspecified atom stereocenters. The molecule has 0 amide bonds. The van der Waals surface area contributed by atoms with E-state index in [1.165, 1.54) is 11.1 Å². The molecule has 2 atom stereocenters. The lowest BCUT2D eigenvalue weighted by Crippen LogP contribution is -2.31. The summed E-state index contributed by atoms with van der Waals surface area (Å²) in [5.74, 6) is 0.283. The predicted molar refractivity (Wildman–Crippen MR) is 93.7 cm³/mol. The van der Waals surface area contributed by atoms with E-state index in [-0.39, 0.29) is 11.3 Å². The number of fused-ring (bicyclic) bond motifs is 1. The van der Waals surface area contributed by atoms with Crippen molar-refractivity contribution in [2.45, 2.75) is 38.5 Å². The highest BCUT2D eigenvalue weighted by Gasteiger charge is 2.52. The first kappa shape index (κ1) is 16.5. The molecule has 0 radical (unpaired) electrons. The largest absolute Gasteiger partial charge is 0.243 e. The minimum Gasteiger partial charge on any atom is -0.207 e. The molecule has 23 heavy (non-hydrogen) atoms. The van der Waals surface area contributed by atoms with Crippen LogP contribution in [-0.2, 0) is 10.0 Å². The second-order valence-corrected chi connectivity index (χ2v) is 9.06. The Balaban J connectivity index is 1.96. The summed E-state index contributed by atoms with van der Waals surface area (Å²) in [6.45, 7) is 11.4. The zero-order chi connectivity index (χ0) is 16.8. The maximum Gasteiger partial charge on any atom is 0.243 e. The summed E-state index contributed by atoms with van der Waals surface area (Å²) in [7, 11) is -3.43. The lowest BCUT2D eigenvalue weighted by Gasteiger charge is -2.24. The lowest BCUT2D eigenvalue weighted by molar-refractivity contribution is 0.363. The van der Waals surface area contributed by atoms with E-state index < -0.39 is 10.0 Å². The van der Waals surface area contributed by atoms with Crippen LogP contribution in [0.1, 0.15) is 32.3 Å². The van der Waals surface area contributed by atoms with Gasteiger partial charge in [-0.3, -0.25) is 0 Å². The lowest BCUT2D eigenvalue weighted by atomic mass is 9.79. The summed E-state index contributed by atoms with van der Waals surface area (Å²) in [6, 6.07) is 7.13. The van der Waals surface area contributed by atoms with Crippen LogP contribution in [-0.4, -0.2) is 25.8 Å². The van der Waals surface area contributed by atoms with Gasteiger partial charge in [0.25, 0.3) is 0 Å². The normalized spacial score (nSPS) is 28.0. The average Bonchev–Trinajstić information content (AvgIpc) is 3.03. The van der Waals surface area contributed by atoms with Crippen molar-refractivity contribution in [3.05, 3.63) is 53.6 Å². The topological polar surface area (TPSA) is 37.4 Å². The van der Waals surface area contributed by atoms with E-state index in [0.717, 1.165) is 18.4 Å². The summed E-state index contributed by atoms with van der Waals surface area (Å²) in [5.41, 5.74) is 3.72. The fourth-order valence-electron chi connectivity index (χ4n) is 4.09. The van der Waals surface area contributed by atoms with Crippen LogP contribution in [0, 0.1) is 18.3 Å². The van der Waals surface area contributed by atoms with Crippen LogP contribution in [0.5, 0.6) is 0 Å². The highest BCUT2D eigenvalue weighted by molar-refractivity contribution is 7.89. The van der Waals surface area contributed by atoms with Crippen LogP contribution >= 0.6 is 0 Å². The maximum absolute atomic E-state index is 13.0. The minimum atomic E-state index is -3.43. The van der Waals surface area contributed by atoms with Crippen molar-refractivity contribution in [2.24, 2.45) is 11.3 Å². The number of sulfonamides is 1. The molecule has 2 aliphatic rings. The van der Waals surface area contributed by atoms with Gasteiger partial charge in [0, 0.05) is 24.4 Å². The van der Waals surface area contributed by atoms with Gasteiger partial charge in [-0.15, -0.1) is 6.58 Å². The summed E-state index contributed by atoms with van der Waals surface area (Å²) in [6.07, 6.45) is 4.07. The molecular formula is C19H25NO2S. The third-order valence-electron chi connectivity index (χ3n) is 5.54. The van der Waals surface area contributed by atoms with Crippen molar-refractivity contribution in [1.82, 2.24) is 4.31 Å². The molecule has 1 aliphatic heterocycles. The first-order valence-corrected chi connectivity index (χ1v) is 9.61. The standard InChI is InChI=1S/C19H25NO2S/c1-5-19-11-10-17(14(2)3)18(19)12-20(13-19)23(21,22)16-8-6-15(4)7-9-16/h5-9,18H,1,10-13H2,2-4H3/t18-,19-/m1/s1. The maximum atomic E-state index is 13.0. The fraction of sp³-hybridized carbons (Fsp3) is 0.474. The molecular weight excluding hydrogens is 306 g/mol. The SMILES string of the molecule is C=C[C@]12CCC(=C(C)C)[C@H]1CN(S(=O)(=O)c1ccc(C)cc1)C2. The predicted octanol–water partition coefficient (Wildman–Crippen LogP) is 3.92. The van der Waals surface area contributed by atoms with Crippen LogP contribution in [0.25, 0.3) is 0 Å². The number of hydrogen-bond donors (Lipinski definition) is 0. The van der Waals surface area contributed by atoms with Gasteiger partial charge in [-0.25, -0.2) is 8.42 Å². The van der Waals surface area contributed by atoms with E-state index >= 15 is 0 Å². The van der Waals surface area contributed by atoms with E-state index in [4.69, 9.17) is 0 Å². The number of aryl methyl sites for hydroxylation is 1. The van der Waals surface area contributed by atoms with Crippen molar-refractivity contribution in [2.75, 3.05) is 13.1 Å². The van der Waals surface area contributed by atoms with Gasteiger partial charge in [0.2, 0.25) is 10.0 Å². The minimum absolute atomic E-state index is 0.0929. The molecule has 0 N–H and O–H groups in total. The van der Waals surface area contributed by atoms with Crippen LogP contribution < -0.4 is 0 Å². The van der Waals surface area contributed by atoms with Gasteiger partial charge >= 0.3 is 0 Å².